The first-order valence-electron chi connectivity index (χ1n) is 8.81. The van der Waals surface area contributed by atoms with Crippen LogP contribution in [0.3, 0.4) is 0 Å². The van der Waals surface area contributed by atoms with Crippen LogP contribution in [0.1, 0.15) is 20.7 Å². The van der Waals surface area contributed by atoms with E-state index in [4.69, 9.17) is 21.4 Å². The van der Waals surface area contributed by atoms with Gasteiger partial charge in [-0.3, -0.25) is 9.52 Å². The molecule has 0 heterocycles. The molecule has 0 spiro atoms. The number of ether oxygens (including phenoxy) is 1. The number of anilines is 2. The third-order valence-corrected chi connectivity index (χ3v) is 5.90. The van der Waals surface area contributed by atoms with Gasteiger partial charge in [-0.15, -0.1) is 0 Å². The highest BCUT2D eigenvalue weighted by Gasteiger charge is 2.20. The van der Waals surface area contributed by atoms with Crippen LogP contribution in [0.2, 0.25) is 5.02 Å². The second kappa shape index (κ2) is 9.07. The fourth-order valence-electron chi connectivity index (χ4n) is 2.71. The van der Waals surface area contributed by atoms with Gasteiger partial charge in [0.25, 0.3) is 15.9 Å². The molecule has 10 heteroatoms. The van der Waals surface area contributed by atoms with E-state index in [0.717, 1.165) is 6.07 Å². The zero-order valence-electron chi connectivity index (χ0n) is 16.1. The van der Waals surface area contributed by atoms with Crippen molar-refractivity contribution >= 4 is 44.9 Å². The largest absolute Gasteiger partial charge is 0.495 e. The van der Waals surface area contributed by atoms with Crippen molar-refractivity contribution in [2.75, 3.05) is 17.1 Å². The van der Waals surface area contributed by atoms with Gasteiger partial charge in [0.05, 0.1) is 33.8 Å². The Balaban J connectivity index is 1.89. The van der Waals surface area contributed by atoms with E-state index in [1.54, 1.807) is 18.2 Å². The van der Waals surface area contributed by atoms with Crippen LogP contribution in [-0.4, -0.2) is 32.5 Å². The molecular formula is C21H17ClN2O6S. The number of rotatable bonds is 7. The number of methoxy groups -OCH3 is 1. The summed E-state index contributed by atoms with van der Waals surface area (Å²) in [6.45, 7) is 0. The first kappa shape index (κ1) is 22.1. The standard InChI is InChI=1S/C21H17ClN2O6S/c1-30-19-8-3-2-7-18(19)24-31(28,29)15-9-10-17(22)16(12-15)20(25)23-14-6-4-5-13(11-14)21(26)27/h2-12,24H,1H3,(H,23,25)(H,26,27). The van der Waals surface area contributed by atoms with Crippen molar-refractivity contribution < 1.29 is 27.9 Å². The molecule has 1 amide bonds. The number of hydrogen-bond donors (Lipinski definition) is 3. The summed E-state index contributed by atoms with van der Waals surface area (Å²) in [6.07, 6.45) is 0. The maximum absolute atomic E-state index is 12.8. The summed E-state index contributed by atoms with van der Waals surface area (Å²) in [6, 6.07) is 15.8. The summed E-state index contributed by atoms with van der Waals surface area (Å²) in [5.74, 6) is -1.51. The van der Waals surface area contributed by atoms with E-state index in [9.17, 15) is 18.0 Å². The number of carbonyl (C=O) groups is 2. The lowest BCUT2D eigenvalue weighted by Gasteiger charge is -2.13. The maximum atomic E-state index is 12.8. The van der Waals surface area contributed by atoms with Gasteiger partial charge in [0, 0.05) is 5.69 Å². The topological polar surface area (TPSA) is 122 Å². The molecule has 160 valence electrons. The molecule has 3 aromatic rings. The second-order valence-electron chi connectivity index (χ2n) is 6.29. The van der Waals surface area contributed by atoms with E-state index < -0.39 is 21.9 Å². The van der Waals surface area contributed by atoms with E-state index in [0.29, 0.717) is 5.75 Å². The first-order chi connectivity index (χ1) is 14.7. The van der Waals surface area contributed by atoms with Crippen molar-refractivity contribution in [3.05, 3.63) is 82.9 Å². The molecule has 0 aromatic heterocycles. The summed E-state index contributed by atoms with van der Waals surface area (Å²) in [5, 5.41) is 11.6. The molecular weight excluding hydrogens is 444 g/mol. The fraction of sp³-hybridized carbons (Fsp3) is 0.0476. The van der Waals surface area contributed by atoms with Crippen LogP contribution in [-0.2, 0) is 10.0 Å². The van der Waals surface area contributed by atoms with Gasteiger partial charge >= 0.3 is 5.97 Å². The maximum Gasteiger partial charge on any atom is 0.335 e. The minimum Gasteiger partial charge on any atom is -0.495 e. The van der Waals surface area contributed by atoms with Crippen LogP contribution in [0.25, 0.3) is 0 Å². The molecule has 3 N–H and O–H groups in total. The lowest BCUT2D eigenvalue weighted by atomic mass is 10.1. The van der Waals surface area contributed by atoms with Crippen molar-refractivity contribution in [2.24, 2.45) is 0 Å². The normalized spacial score (nSPS) is 10.9. The van der Waals surface area contributed by atoms with Crippen molar-refractivity contribution in [1.82, 2.24) is 0 Å². The fourth-order valence-corrected chi connectivity index (χ4v) is 4.01. The Bertz CT molecular complexity index is 1260. The lowest BCUT2D eigenvalue weighted by Crippen LogP contribution is -2.17. The number of carboxylic acid groups (broad SMARTS) is 1. The van der Waals surface area contributed by atoms with Crippen molar-refractivity contribution in [3.63, 3.8) is 0 Å². The molecule has 8 nitrogen and oxygen atoms in total. The molecule has 0 aliphatic heterocycles. The van der Waals surface area contributed by atoms with E-state index in [-0.39, 0.29) is 32.4 Å². The Hall–Kier alpha value is -3.56. The molecule has 0 radical (unpaired) electrons. The van der Waals surface area contributed by atoms with Gasteiger partial charge in [-0.05, 0) is 48.5 Å². The SMILES string of the molecule is COc1ccccc1NS(=O)(=O)c1ccc(Cl)c(C(=O)Nc2cccc(C(=O)O)c2)c1. The molecule has 0 unspecified atom stereocenters. The molecule has 0 atom stereocenters. The van der Waals surface area contributed by atoms with Crippen LogP contribution < -0.4 is 14.8 Å². The summed E-state index contributed by atoms with van der Waals surface area (Å²) >= 11 is 6.11. The molecule has 0 aliphatic rings. The highest BCUT2D eigenvalue weighted by Crippen LogP contribution is 2.28. The Kier molecular flexibility index (Phi) is 6.47. The summed E-state index contributed by atoms with van der Waals surface area (Å²) in [7, 11) is -2.64. The van der Waals surface area contributed by atoms with Gasteiger partial charge in [0.15, 0.2) is 0 Å². The highest BCUT2D eigenvalue weighted by atomic mass is 35.5. The average Bonchev–Trinajstić information content (AvgIpc) is 2.74. The van der Waals surface area contributed by atoms with E-state index >= 15 is 0 Å². The number of hydrogen-bond acceptors (Lipinski definition) is 5. The van der Waals surface area contributed by atoms with Gasteiger partial charge in [0.1, 0.15) is 5.75 Å². The predicted molar refractivity (Wildman–Crippen MR) is 117 cm³/mol. The monoisotopic (exact) mass is 460 g/mol. The number of nitrogens with one attached hydrogen (secondary N) is 2. The number of carboxylic acids is 1. The van der Waals surface area contributed by atoms with Crippen LogP contribution in [0.4, 0.5) is 11.4 Å². The van der Waals surface area contributed by atoms with Crippen molar-refractivity contribution in [1.29, 1.82) is 0 Å². The summed E-state index contributed by atoms with van der Waals surface area (Å²) in [5.41, 5.74) is 0.351. The zero-order valence-corrected chi connectivity index (χ0v) is 17.7. The molecule has 0 fully saturated rings. The molecule has 0 aliphatic carbocycles. The van der Waals surface area contributed by atoms with E-state index in [1.807, 2.05) is 0 Å². The van der Waals surface area contributed by atoms with Gasteiger partial charge in [-0.1, -0.05) is 29.8 Å². The highest BCUT2D eigenvalue weighted by molar-refractivity contribution is 7.92. The van der Waals surface area contributed by atoms with Crippen molar-refractivity contribution in [3.8, 4) is 5.75 Å². The van der Waals surface area contributed by atoms with Gasteiger partial charge in [-0.2, -0.15) is 0 Å². The number of para-hydroxylation sites is 2. The number of sulfonamides is 1. The number of benzene rings is 3. The van der Waals surface area contributed by atoms with E-state index in [2.05, 4.69) is 10.0 Å². The third kappa shape index (κ3) is 5.14. The van der Waals surface area contributed by atoms with Gasteiger partial charge < -0.3 is 15.2 Å². The molecule has 3 rings (SSSR count). The molecule has 0 saturated carbocycles. The summed E-state index contributed by atoms with van der Waals surface area (Å²) in [4.78, 5) is 23.6. The van der Waals surface area contributed by atoms with Gasteiger partial charge in [0.2, 0.25) is 0 Å². The minimum absolute atomic E-state index is 0.0127. The Morgan fingerprint density at radius 2 is 1.74 bits per heavy atom. The quantitative estimate of drug-likeness (QED) is 0.488. The predicted octanol–water partition coefficient (Wildman–Crippen LogP) is 4.10. The number of halogens is 1. The van der Waals surface area contributed by atoms with Crippen LogP contribution >= 0.6 is 11.6 Å². The molecule has 3 aromatic carbocycles. The zero-order chi connectivity index (χ0) is 22.6. The van der Waals surface area contributed by atoms with Gasteiger partial charge in [-0.25, -0.2) is 13.2 Å². The minimum atomic E-state index is -4.06. The second-order valence-corrected chi connectivity index (χ2v) is 8.38. The average molecular weight is 461 g/mol. The Morgan fingerprint density at radius 1 is 1.00 bits per heavy atom. The molecule has 0 bridgehead atoms. The van der Waals surface area contributed by atoms with Crippen LogP contribution in [0.15, 0.2) is 71.6 Å². The smallest absolute Gasteiger partial charge is 0.335 e. The lowest BCUT2D eigenvalue weighted by molar-refractivity contribution is 0.0696. The molecule has 0 saturated heterocycles. The first-order valence-corrected chi connectivity index (χ1v) is 10.7. The third-order valence-electron chi connectivity index (χ3n) is 4.21. The molecule has 31 heavy (non-hydrogen) atoms. The Morgan fingerprint density at radius 3 is 2.45 bits per heavy atom. The Labute approximate surface area is 183 Å². The number of aromatic carboxylic acids is 1. The number of carbonyl (C=O) groups excluding carboxylic acids is 1. The summed E-state index contributed by atoms with van der Waals surface area (Å²) < 4.78 is 33.2. The van der Waals surface area contributed by atoms with Crippen molar-refractivity contribution in [2.45, 2.75) is 4.90 Å². The van der Waals surface area contributed by atoms with Crippen LogP contribution in [0, 0.1) is 0 Å². The van der Waals surface area contributed by atoms with Crippen LogP contribution in [0.5, 0.6) is 5.75 Å². The number of amides is 1. The van der Waals surface area contributed by atoms with E-state index in [1.165, 1.54) is 49.6 Å².